The summed E-state index contributed by atoms with van der Waals surface area (Å²) in [5, 5.41) is 5.29. The Hall–Kier alpha value is -3.62. The Morgan fingerprint density at radius 3 is 2.54 bits per heavy atom. The summed E-state index contributed by atoms with van der Waals surface area (Å²) in [6.45, 7) is 5.82. The number of fused-ring (bicyclic) bond motifs is 1. The highest BCUT2D eigenvalue weighted by Gasteiger charge is 2.27. The number of nitrogens with one attached hydrogen (secondary N) is 1. The highest BCUT2D eigenvalue weighted by atomic mass is 32.2. The van der Waals surface area contributed by atoms with Crippen LogP contribution in [-0.4, -0.2) is 44.0 Å². The van der Waals surface area contributed by atoms with Gasteiger partial charge in [0.2, 0.25) is 5.91 Å². The predicted octanol–water partition coefficient (Wildman–Crippen LogP) is 5.33. The number of rotatable bonds is 8. The molecule has 0 aliphatic carbocycles. The van der Waals surface area contributed by atoms with E-state index in [-0.39, 0.29) is 11.9 Å². The fourth-order valence-electron chi connectivity index (χ4n) is 3.84. The average Bonchev–Trinajstić information content (AvgIpc) is 3.30. The molecule has 0 aliphatic heterocycles. The standard InChI is InChI=1S/C29H32N4O3S/c1-29(2,3)37(35)32-25(19-21-12-10-11-20(30-21)17-18-27(34)33(4)5)22-13-6-7-14-23(22)28-24-15-8-9-16-26(24)36-31-28/h6-18,25,32H,19H2,1-5H3/b18-17+. The van der Waals surface area contributed by atoms with Crippen LogP contribution in [0.25, 0.3) is 28.3 Å². The Bertz CT molecular complexity index is 1450. The van der Waals surface area contributed by atoms with Crippen molar-refractivity contribution in [3.63, 3.8) is 0 Å². The Morgan fingerprint density at radius 1 is 1.05 bits per heavy atom. The summed E-state index contributed by atoms with van der Waals surface area (Å²) in [5.41, 5.74) is 4.80. The zero-order valence-corrected chi connectivity index (χ0v) is 22.6. The van der Waals surface area contributed by atoms with Gasteiger partial charge in [-0.15, -0.1) is 0 Å². The quantitative estimate of drug-likeness (QED) is 0.320. The van der Waals surface area contributed by atoms with Crippen LogP contribution in [0.4, 0.5) is 0 Å². The Balaban J connectivity index is 1.73. The van der Waals surface area contributed by atoms with Gasteiger partial charge in [-0.05, 0) is 56.7 Å². The molecule has 2 heterocycles. The number of nitrogens with zero attached hydrogens (tertiary/aromatic N) is 3. The lowest BCUT2D eigenvalue weighted by molar-refractivity contribution is -0.123. The van der Waals surface area contributed by atoms with Crippen LogP contribution in [-0.2, 0) is 22.2 Å². The molecule has 0 saturated carbocycles. The molecular formula is C29H32N4O3S. The minimum atomic E-state index is -1.33. The second kappa shape index (κ2) is 11.2. The van der Waals surface area contributed by atoms with E-state index in [1.807, 2.05) is 87.5 Å². The van der Waals surface area contributed by atoms with Crippen LogP contribution < -0.4 is 4.72 Å². The molecule has 0 aliphatic rings. The fraction of sp³-hybridized carbons (Fsp3) is 0.276. The van der Waals surface area contributed by atoms with Crippen molar-refractivity contribution in [1.29, 1.82) is 0 Å². The fourth-order valence-corrected chi connectivity index (χ4v) is 4.66. The molecule has 2 aromatic carbocycles. The summed E-state index contributed by atoms with van der Waals surface area (Å²) in [7, 11) is 2.08. The summed E-state index contributed by atoms with van der Waals surface area (Å²) in [6, 6.07) is 21.1. The van der Waals surface area contributed by atoms with Crippen LogP contribution in [0.3, 0.4) is 0 Å². The Morgan fingerprint density at radius 2 is 1.78 bits per heavy atom. The molecule has 0 saturated heterocycles. The van der Waals surface area contributed by atoms with E-state index < -0.39 is 15.7 Å². The number of hydrogen-bond acceptors (Lipinski definition) is 5. The minimum absolute atomic E-state index is 0.110. The lowest BCUT2D eigenvalue weighted by Crippen LogP contribution is -2.36. The topological polar surface area (TPSA) is 88.3 Å². The third kappa shape index (κ3) is 6.39. The number of hydrogen-bond donors (Lipinski definition) is 1. The second-order valence-corrected chi connectivity index (χ2v) is 12.0. The molecule has 4 aromatic rings. The van der Waals surface area contributed by atoms with Gasteiger partial charge in [0.05, 0.1) is 27.5 Å². The molecule has 4 rings (SSSR count). The molecule has 0 radical (unpaired) electrons. The van der Waals surface area contributed by atoms with Crippen LogP contribution in [0.2, 0.25) is 0 Å². The van der Waals surface area contributed by atoms with Crippen molar-refractivity contribution < 1.29 is 13.5 Å². The van der Waals surface area contributed by atoms with Crippen LogP contribution in [0, 0.1) is 0 Å². The molecule has 0 spiro atoms. The lowest BCUT2D eigenvalue weighted by Gasteiger charge is -2.26. The SMILES string of the molecule is CN(C)C(=O)/C=C/c1cccc(CC(NS(=O)C(C)(C)C)c2ccccc2-c2noc3ccccc23)n1. The number of amides is 1. The summed E-state index contributed by atoms with van der Waals surface area (Å²) in [6.07, 6.45) is 3.69. The van der Waals surface area contributed by atoms with Gasteiger partial charge >= 0.3 is 0 Å². The van der Waals surface area contributed by atoms with Gasteiger partial charge in [0, 0.05) is 43.2 Å². The van der Waals surface area contributed by atoms with Gasteiger partial charge in [0.25, 0.3) is 0 Å². The van der Waals surface area contributed by atoms with Crippen molar-refractivity contribution in [1.82, 2.24) is 19.8 Å². The van der Waals surface area contributed by atoms with E-state index in [4.69, 9.17) is 9.51 Å². The van der Waals surface area contributed by atoms with Gasteiger partial charge < -0.3 is 9.42 Å². The van der Waals surface area contributed by atoms with Crippen molar-refractivity contribution in [3.05, 3.63) is 89.8 Å². The number of pyridine rings is 1. The summed E-state index contributed by atoms with van der Waals surface area (Å²) in [4.78, 5) is 18.2. The lowest BCUT2D eigenvalue weighted by atomic mass is 9.94. The maximum absolute atomic E-state index is 13.2. The van der Waals surface area contributed by atoms with Crippen LogP contribution in [0.15, 0.2) is 77.3 Å². The van der Waals surface area contributed by atoms with Crippen molar-refractivity contribution in [2.24, 2.45) is 0 Å². The molecular weight excluding hydrogens is 484 g/mol. The van der Waals surface area contributed by atoms with E-state index in [0.717, 1.165) is 27.9 Å². The Labute approximate surface area is 220 Å². The van der Waals surface area contributed by atoms with E-state index in [1.165, 1.54) is 11.0 Å². The van der Waals surface area contributed by atoms with Crippen molar-refractivity contribution in [2.45, 2.75) is 38.0 Å². The highest BCUT2D eigenvalue weighted by molar-refractivity contribution is 7.84. The smallest absolute Gasteiger partial charge is 0.246 e. The van der Waals surface area contributed by atoms with Crippen molar-refractivity contribution in [2.75, 3.05) is 14.1 Å². The maximum Gasteiger partial charge on any atom is 0.246 e. The third-order valence-electron chi connectivity index (χ3n) is 5.85. The number of carbonyl (C=O) groups excluding carboxylic acids is 1. The zero-order chi connectivity index (χ0) is 26.6. The monoisotopic (exact) mass is 516 g/mol. The number of para-hydroxylation sites is 1. The molecule has 37 heavy (non-hydrogen) atoms. The highest BCUT2D eigenvalue weighted by Crippen LogP contribution is 2.34. The summed E-state index contributed by atoms with van der Waals surface area (Å²) < 4.78 is 21.7. The maximum atomic E-state index is 13.2. The molecule has 2 unspecified atom stereocenters. The van der Waals surface area contributed by atoms with Crippen LogP contribution in [0.5, 0.6) is 0 Å². The van der Waals surface area contributed by atoms with Crippen LogP contribution >= 0.6 is 0 Å². The first-order valence-corrected chi connectivity index (χ1v) is 13.3. The molecule has 2 atom stereocenters. The molecule has 1 amide bonds. The van der Waals surface area contributed by atoms with Gasteiger partial charge in [0.1, 0.15) is 5.69 Å². The van der Waals surface area contributed by atoms with Gasteiger partial charge in [-0.3, -0.25) is 9.78 Å². The van der Waals surface area contributed by atoms with Crippen LogP contribution in [0.1, 0.15) is 43.8 Å². The molecule has 2 aromatic heterocycles. The van der Waals surface area contributed by atoms with E-state index in [1.54, 1.807) is 20.2 Å². The normalized spacial score (nSPS) is 13.6. The molecule has 0 bridgehead atoms. The van der Waals surface area contributed by atoms with Gasteiger partial charge in [-0.2, -0.15) is 0 Å². The Kier molecular flexibility index (Phi) is 8.00. The third-order valence-corrected chi connectivity index (χ3v) is 7.46. The van der Waals surface area contributed by atoms with E-state index in [0.29, 0.717) is 17.7 Å². The molecule has 7 nitrogen and oxygen atoms in total. The van der Waals surface area contributed by atoms with Gasteiger partial charge in [-0.1, -0.05) is 47.6 Å². The molecule has 8 heteroatoms. The largest absolute Gasteiger partial charge is 0.356 e. The van der Waals surface area contributed by atoms with E-state index >= 15 is 0 Å². The average molecular weight is 517 g/mol. The van der Waals surface area contributed by atoms with E-state index in [2.05, 4.69) is 9.88 Å². The van der Waals surface area contributed by atoms with Crippen molar-refractivity contribution in [3.8, 4) is 11.3 Å². The summed E-state index contributed by atoms with van der Waals surface area (Å²) in [5.74, 6) is -0.110. The molecule has 0 fully saturated rings. The molecule has 1 N–H and O–H groups in total. The zero-order valence-electron chi connectivity index (χ0n) is 21.8. The first-order valence-electron chi connectivity index (χ1n) is 12.1. The number of carbonyl (C=O) groups is 1. The van der Waals surface area contributed by atoms with Crippen molar-refractivity contribution >= 4 is 33.9 Å². The first kappa shape index (κ1) is 26.4. The van der Waals surface area contributed by atoms with Gasteiger partial charge in [0.15, 0.2) is 5.58 Å². The molecule has 192 valence electrons. The minimum Gasteiger partial charge on any atom is -0.356 e. The summed E-state index contributed by atoms with van der Waals surface area (Å²) >= 11 is 0. The van der Waals surface area contributed by atoms with Gasteiger partial charge in [-0.25, -0.2) is 8.93 Å². The number of aromatic nitrogens is 2. The first-order chi connectivity index (χ1) is 17.6. The van der Waals surface area contributed by atoms with E-state index in [9.17, 15) is 9.00 Å². The second-order valence-electron chi connectivity index (χ2n) is 9.99. The number of benzene rings is 2. The predicted molar refractivity (Wildman–Crippen MR) is 149 cm³/mol. The number of likely N-dealkylation sites (N-methyl/N-ethyl adjacent to an activating group) is 1.